The fourth-order valence-corrected chi connectivity index (χ4v) is 4.17. The summed E-state index contributed by atoms with van der Waals surface area (Å²) in [5, 5.41) is 0.225. The van der Waals surface area contributed by atoms with Crippen molar-refractivity contribution in [3.05, 3.63) is 11.8 Å². The Morgan fingerprint density at radius 1 is 1.15 bits per heavy atom. The van der Waals surface area contributed by atoms with Crippen LogP contribution in [0.25, 0.3) is 0 Å². The molecule has 0 unspecified atom stereocenters. The lowest BCUT2D eigenvalue weighted by molar-refractivity contribution is -0.153. The molecule has 6 heteroatoms. The van der Waals surface area contributed by atoms with E-state index in [-0.39, 0.29) is 11.0 Å². The quantitative estimate of drug-likeness (QED) is 0.510. The Morgan fingerprint density at radius 3 is 2.19 bits per heavy atom. The van der Waals surface area contributed by atoms with Crippen LogP contribution in [-0.4, -0.2) is 49.8 Å². The van der Waals surface area contributed by atoms with Gasteiger partial charge in [0.2, 0.25) is 0 Å². The molecule has 0 radical (unpaired) electrons. The molecule has 1 saturated heterocycles. The fourth-order valence-electron chi connectivity index (χ4n) is 2.96. The zero-order valence-corrected chi connectivity index (χ0v) is 19.1. The highest BCUT2D eigenvalue weighted by molar-refractivity contribution is 6.84. The zero-order valence-electron chi connectivity index (χ0n) is 18.1. The molecule has 0 saturated carbocycles. The van der Waals surface area contributed by atoms with Gasteiger partial charge in [-0.05, 0) is 45.1 Å². The van der Waals surface area contributed by atoms with E-state index in [0.29, 0.717) is 19.4 Å². The molecule has 0 spiro atoms. The van der Waals surface area contributed by atoms with Crippen molar-refractivity contribution in [2.24, 2.45) is 0 Å². The van der Waals surface area contributed by atoms with Crippen LogP contribution in [0.4, 0.5) is 4.79 Å². The van der Waals surface area contributed by atoms with E-state index < -0.39 is 25.3 Å². The summed E-state index contributed by atoms with van der Waals surface area (Å²) in [6.07, 6.45) is 3.46. The standard InChI is InChI=1S/C20H37NO4Si/c1-18(2,3)25-17(23)21-14-10-12-20(21,16(22)24-7)13-11-15-26(8,9)19(4,5)6/h11,15H,10,12-14H2,1-9H3/b15-11-/t20-/m0/s1. The first-order valence-corrected chi connectivity index (χ1v) is 12.5. The molecule has 5 nitrogen and oxygen atoms in total. The topological polar surface area (TPSA) is 55.8 Å². The normalized spacial score (nSPS) is 22.0. The number of methoxy groups -OCH3 is 1. The average Bonchev–Trinajstić information content (AvgIpc) is 2.88. The molecule has 1 aliphatic heterocycles. The lowest BCUT2D eigenvalue weighted by Crippen LogP contribution is -2.54. The second kappa shape index (κ2) is 7.75. The molecule has 1 heterocycles. The number of hydrogen-bond donors (Lipinski definition) is 0. The van der Waals surface area contributed by atoms with Crippen molar-refractivity contribution in [2.75, 3.05) is 13.7 Å². The lowest BCUT2D eigenvalue weighted by atomic mass is 9.92. The fraction of sp³-hybridized carbons (Fsp3) is 0.800. The van der Waals surface area contributed by atoms with Gasteiger partial charge < -0.3 is 9.47 Å². The van der Waals surface area contributed by atoms with Gasteiger partial charge in [0, 0.05) is 6.54 Å². The number of amides is 1. The average molecular weight is 384 g/mol. The van der Waals surface area contributed by atoms with Crippen molar-refractivity contribution in [3.8, 4) is 0 Å². The Bertz CT molecular complexity index is 557. The van der Waals surface area contributed by atoms with Crippen LogP contribution >= 0.6 is 0 Å². The summed E-state index contributed by atoms with van der Waals surface area (Å²) < 4.78 is 10.6. The largest absolute Gasteiger partial charge is 0.467 e. The molecule has 1 rings (SSSR count). The first-order valence-electron chi connectivity index (χ1n) is 9.43. The highest BCUT2D eigenvalue weighted by atomic mass is 28.3. The van der Waals surface area contributed by atoms with E-state index in [9.17, 15) is 9.59 Å². The Labute approximate surface area is 160 Å². The van der Waals surface area contributed by atoms with Gasteiger partial charge in [-0.25, -0.2) is 9.59 Å². The van der Waals surface area contributed by atoms with Gasteiger partial charge in [-0.2, -0.15) is 0 Å². The molecule has 1 atom stereocenters. The third-order valence-electron chi connectivity index (χ3n) is 5.59. The van der Waals surface area contributed by atoms with Crippen molar-refractivity contribution in [2.45, 2.75) is 90.1 Å². The number of esters is 1. The van der Waals surface area contributed by atoms with E-state index in [0.717, 1.165) is 6.42 Å². The molecule has 150 valence electrons. The third-order valence-corrected chi connectivity index (χ3v) is 10.5. The maximum absolute atomic E-state index is 12.7. The van der Waals surface area contributed by atoms with Crippen LogP contribution in [-0.2, 0) is 14.3 Å². The van der Waals surface area contributed by atoms with Gasteiger partial charge in [0.25, 0.3) is 0 Å². The van der Waals surface area contributed by atoms with E-state index in [1.807, 2.05) is 20.8 Å². The SMILES string of the molecule is COC(=O)[C@@]1(C/C=C\[Si](C)(C)C(C)(C)C)CCCN1C(=O)OC(C)(C)C. The number of carbonyl (C=O) groups is 2. The second-order valence-electron chi connectivity index (χ2n) is 9.84. The Kier molecular flexibility index (Phi) is 6.77. The van der Waals surface area contributed by atoms with Gasteiger partial charge >= 0.3 is 12.1 Å². The molecule has 0 bridgehead atoms. The predicted octanol–water partition coefficient (Wildman–Crippen LogP) is 4.92. The Morgan fingerprint density at radius 2 is 1.73 bits per heavy atom. The molecule has 0 aromatic carbocycles. The molecule has 1 aliphatic rings. The molecule has 0 aliphatic carbocycles. The molecule has 1 amide bonds. The van der Waals surface area contributed by atoms with Crippen molar-refractivity contribution >= 4 is 20.1 Å². The summed E-state index contributed by atoms with van der Waals surface area (Å²) in [7, 11) is -0.227. The molecular formula is C20H37NO4Si. The van der Waals surface area contributed by atoms with Crippen LogP contribution in [0.1, 0.15) is 60.8 Å². The summed E-state index contributed by atoms with van der Waals surface area (Å²) in [4.78, 5) is 26.9. The van der Waals surface area contributed by atoms with Gasteiger partial charge in [0.05, 0.1) is 15.2 Å². The minimum atomic E-state index is -1.61. The smallest absolute Gasteiger partial charge is 0.411 e. The van der Waals surface area contributed by atoms with E-state index in [1.54, 1.807) is 4.90 Å². The molecule has 0 N–H and O–H groups in total. The molecule has 0 aromatic rings. The lowest BCUT2D eigenvalue weighted by Gasteiger charge is -2.37. The van der Waals surface area contributed by atoms with Crippen LogP contribution in [0, 0.1) is 0 Å². The monoisotopic (exact) mass is 383 g/mol. The second-order valence-corrected chi connectivity index (χ2v) is 15.1. The number of nitrogens with zero attached hydrogens (tertiary/aromatic N) is 1. The molecule has 1 fully saturated rings. The van der Waals surface area contributed by atoms with E-state index in [4.69, 9.17) is 9.47 Å². The Balaban J connectivity index is 3.11. The number of rotatable bonds is 4. The first-order chi connectivity index (χ1) is 11.7. The van der Waals surface area contributed by atoms with E-state index in [1.165, 1.54) is 7.11 Å². The predicted molar refractivity (Wildman–Crippen MR) is 108 cm³/mol. The summed E-state index contributed by atoms with van der Waals surface area (Å²) in [6, 6.07) is 0. The van der Waals surface area contributed by atoms with Crippen LogP contribution in [0.5, 0.6) is 0 Å². The number of hydrogen-bond acceptors (Lipinski definition) is 4. The van der Waals surface area contributed by atoms with Gasteiger partial charge in [0.1, 0.15) is 11.1 Å². The van der Waals surface area contributed by atoms with Crippen molar-refractivity contribution in [1.82, 2.24) is 4.90 Å². The minimum absolute atomic E-state index is 0.225. The van der Waals surface area contributed by atoms with Crippen LogP contribution in [0.2, 0.25) is 18.1 Å². The van der Waals surface area contributed by atoms with Crippen molar-refractivity contribution in [3.63, 3.8) is 0 Å². The van der Waals surface area contributed by atoms with Crippen molar-refractivity contribution in [1.29, 1.82) is 0 Å². The maximum atomic E-state index is 12.7. The van der Waals surface area contributed by atoms with E-state index in [2.05, 4.69) is 45.6 Å². The number of ether oxygens (including phenoxy) is 2. The Hall–Kier alpha value is -1.30. The summed E-state index contributed by atoms with van der Waals surface area (Å²) in [5.74, 6) is -0.360. The maximum Gasteiger partial charge on any atom is 0.411 e. The summed E-state index contributed by atoms with van der Waals surface area (Å²) in [5.41, 5.74) is 0.720. The van der Waals surface area contributed by atoms with Gasteiger partial charge in [-0.15, -0.1) is 0 Å². The van der Waals surface area contributed by atoms with Gasteiger partial charge in [0.15, 0.2) is 0 Å². The minimum Gasteiger partial charge on any atom is -0.467 e. The van der Waals surface area contributed by atoms with E-state index >= 15 is 0 Å². The van der Waals surface area contributed by atoms with Crippen LogP contribution in [0.3, 0.4) is 0 Å². The highest BCUT2D eigenvalue weighted by Gasteiger charge is 2.51. The molecule has 26 heavy (non-hydrogen) atoms. The van der Waals surface area contributed by atoms with Crippen LogP contribution < -0.4 is 0 Å². The highest BCUT2D eigenvalue weighted by Crippen LogP contribution is 2.39. The molecule has 0 aromatic heterocycles. The van der Waals surface area contributed by atoms with Gasteiger partial charge in [-0.1, -0.05) is 45.6 Å². The van der Waals surface area contributed by atoms with Crippen molar-refractivity contribution < 1.29 is 19.1 Å². The first kappa shape index (κ1) is 22.7. The number of carbonyl (C=O) groups excluding carboxylic acids is 2. The van der Waals surface area contributed by atoms with Gasteiger partial charge in [-0.3, -0.25) is 4.90 Å². The molecular weight excluding hydrogens is 346 g/mol. The third kappa shape index (κ3) is 5.12. The summed E-state index contributed by atoms with van der Waals surface area (Å²) >= 11 is 0. The number of likely N-dealkylation sites (tertiary alicyclic amines) is 1. The zero-order chi connectivity index (χ0) is 20.4. The summed E-state index contributed by atoms with van der Waals surface area (Å²) in [6.45, 7) is 17.4. The van der Waals surface area contributed by atoms with Crippen LogP contribution in [0.15, 0.2) is 11.8 Å².